The van der Waals surface area contributed by atoms with E-state index in [4.69, 9.17) is 16.3 Å². The van der Waals surface area contributed by atoms with E-state index in [0.29, 0.717) is 46.7 Å². The van der Waals surface area contributed by atoms with Crippen molar-refractivity contribution in [2.24, 2.45) is 5.41 Å². The largest absolute Gasteiger partial charge is 0.496 e. The Bertz CT molecular complexity index is 1510. The van der Waals surface area contributed by atoms with E-state index in [-0.39, 0.29) is 17.4 Å². The lowest BCUT2D eigenvalue weighted by Crippen LogP contribution is -2.59. The number of amides is 3. The molecule has 11 nitrogen and oxygen atoms in total. The Morgan fingerprint density at radius 3 is 2.60 bits per heavy atom. The molecule has 43 heavy (non-hydrogen) atoms. The second-order valence-corrected chi connectivity index (χ2v) is 11.7. The van der Waals surface area contributed by atoms with Crippen molar-refractivity contribution < 1.29 is 23.5 Å². The highest BCUT2D eigenvalue weighted by Crippen LogP contribution is 2.36. The van der Waals surface area contributed by atoms with E-state index in [1.54, 1.807) is 26.1 Å². The van der Waals surface area contributed by atoms with Crippen molar-refractivity contribution in [1.82, 2.24) is 31.2 Å². The van der Waals surface area contributed by atoms with Crippen molar-refractivity contribution in [3.05, 3.63) is 53.1 Å². The lowest BCUT2D eigenvalue weighted by Gasteiger charge is -2.35. The maximum Gasteiger partial charge on any atom is 0.249 e. The summed E-state index contributed by atoms with van der Waals surface area (Å²) in [6, 6.07) is 5.78. The molecule has 0 saturated carbocycles. The van der Waals surface area contributed by atoms with Gasteiger partial charge in [-0.15, -0.1) is 0 Å². The van der Waals surface area contributed by atoms with Gasteiger partial charge in [0.05, 0.1) is 29.7 Å². The number of nitrogens with zero attached hydrogens (tertiary/aromatic N) is 2. The molecular weight excluding hydrogens is 577 g/mol. The van der Waals surface area contributed by atoms with Gasteiger partial charge in [0.2, 0.25) is 17.7 Å². The van der Waals surface area contributed by atoms with E-state index in [1.165, 1.54) is 25.6 Å². The SMILES string of the molecule is CN[C@@H](C)C(=O)N[C@H](C(=O)NC(=O)[C@@H]1CCCN1)C(C)(C)Cc1cc2c(Nc3ccc(F)c(Cl)c3)ncnc2cc1OC. The molecule has 3 atom stereocenters. The minimum atomic E-state index is -1.06. The van der Waals surface area contributed by atoms with Gasteiger partial charge in [-0.1, -0.05) is 25.4 Å². The molecule has 1 aliphatic rings. The Hall–Kier alpha value is -3.87. The molecule has 1 aromatic heterocycles. The lowest BCUT2D eigenvalue weighted by atomic mass is 9.77. The second kappa shape index (κ2) is 13.6. The molecule has 2 aromatic carbocycles. The van der Waals surface area contributed by atoms with E-state index >= 15 is 0 Å². The van der Waals surface area contributed by atoms with Gasteiger partial charge in [-0.2, -0.15) is 0 Å². The van der Waals surface area contributed by atoms with Crippen LogP contribution in [0.15, 0.2) is 36.7 Å². The number of benzene rings is 2. The summed E-state index contributed by atoms with van der Waals surface area (Å²) in [5.74, 6) is -0.962. The molecular formula is C30H37ClFN7O4. The van der Waals surface area contributed by atoms with E-state index in [1.807, 2.05) is 19.9 Å². The molecule has 2 heterocycles. The maximum absolute atomic E-state index is 13.7. The van der Waals surface area contributed by atoms with Crippen LogP contribution in [0.5, 0.6) is 5.75 Å². The van der Waals surface area contributed by atoms with Crippen molar-refractivity contribution in [1.29, 1.82) is 0 Å². The number of hydrogen-bond acceptors (Lipinski definition) is 9. The molecule has 0 radical (unpaired) electrons. The van der Waals surface area contributed by atoms with Gasteiger partial charge in [0.1, 0.15) is 29.8 Å². The van der Waals surface area contributed by atoms with Gasteiger partial charge in [0, 0.05) is 17.1 Å². The van der Waals surface area contributed by atoms with Gasteiger partial charge in [-0.05, 0) is 75.0 Å². The van der Waals surface area contributed by atoms with E-state index in [2.05, 4.69) is 36.6 Å². The number of aromatic nitrogens is 2. The number of nitrogens with one attached hydrogen (secondary N) is 5. The molecule has 0 unspecified atom stereocenters. The Morgan fingerprint density at radius 1 is 1.19 bits per heavy atom. The first-order chi connectivity index (χ1) is 20.4. The molecule has 5 N–H and O–H groups in total. The van der Waals surface area contributed by atoms with Gasteiger partial charge in [-0.3, -0.25) is 19.7 Å². The second-order valence-electron chi connectivity index (χ2n) is 11.3. The fourth-order valence-electron chi connectivity index (χ4n) is 5.06. The Balaban J connectivity index is 1.68. The first-order valence-corrected chi connectivity index (χ1v) is 14.4. The maximum atomic E-state index is 13.7. The first-order valence-electron chi connectivity index (χ1n) is 14.0. The summed E-state index contributed by atoms with van der Waals surface area (Å²) in [4.78, 5) is 48.1. The molecule has 1 fully saturated rings. The molecule has 3 aromatic rings. The number of carbonyl (C=O) groups excluding carboxylic acids is 3. The standard InChI is InChI=1S/C30H37ClFN7O4/c1-16(33-4)27(40)38-25(29(42)39-28(41)22-7-6-10-34-22)30(2,3)14-17-11-19-23(13-24(17)43-5)35-15-36-26(19)37-18-8-9-21(32)20(31)12-18/h8-9,11-13,15-16,22,25,33-34H,6-7,10,14H2,1-5H3,(H,38,40)(H,35,36,37)(H,39,41,42)/t16-,22-,25+/m0/s1. The third kappa shape index (κ3) is 7.56. The minimum Gasteiger partial charge on any atom is -0.496 e. The van der Waals surface area contributed by atoms with Gasteiger partial charge in [0.25, 0.3) is 0 Å². The summed E-state index contributed by atoms with van der Waals surface area (Å²) < 4.78 is 19.4. The summed E-state index contributed by atoms with van der Waals surface area (Å²) in [6.07, 6.45) is 3.14. The molecule has 1 saturated heterocycles. The van der Waals surface area contributed by atoms with Crippen LogP contribution >= 0.6 is 11.6 Å². The number of rotatable bonds is 11. The number of ether oxygens (including phenoxy) is 1. The van der Waals surface area contributed by atoms with Gasteiger partial charge in [-0.25, -0.2) is 14.4 Å². The normalized spacial score (nSPS) is 16.4. The number of likely N-dealkylation sites (N-methyl/N-ethyl adjacent to an activating group) is 1. The first kappa shape index (κ1) is 32.1. The zero-order valence-corrected chi connectivity index (χ0v) is 25.6. The topological polar surface area (TPSA) is 146 Å². The summed E-state index contributed by atoms with van der Waals surface area (Å²) in [7, 11) is 3.18. The number of methoxy groups -OCH3 is 1. The minimum absolute atomic E-state index is 0.0337. The molecule has 4 rings (SSSR count). The Kier molecular flexibility index (Phi) is 10.2. The average Bonchev–Trinajstić information content (AvgIpc) is 3.52. The third-order valence-corrected chi connectivity index (χ3v) is 7.94. The van der Waals surface area contributed by atoms with E-state index in [9.17, 15) is 18.8 Å². The fourth-order valence-corrected chi connectivity index (χ4v) is 5.24. The quantitative estimate of drug-likeness (QED) is 0.220. The molecule has 230 valence electrons. The molecule has 3 amide bonds. The van der Waals surface area contributed by atoms with Gasteiger partial charge in [0.15, 0.2) is 0 Å². The number of imide groups is 1. The van der Waals surface area contributed by atoms with Crippen molar-refractivity contribution in [2.45, 2.75) is 58.2 Å². The Morgan fingerprint density at radius 2 is 1.95 bits per heavy atom. The third-order valence-electron chi connectivity index (χ3n) is 7.65. The molecule has 0 spiro atoms. The zero-order valence-electron chi connectivity index (χ0n) is 24.8. The highest BCUT2D eigenvalue weighted by Gasteiger charge is 2.39. The number of anilines is 2. The lowest BCUT2D eigenvalue weighted by molar-refractivity contribution is -0.137. The summed E-state index contributed by atoms with van der Waals surface area (Å²) >= 11 is 5.97. The monoisotopic (exact) mass is 613 g/mol. The zero-order chi connectivity index (χ0) is 31.3. The van der Waals surface area contributed by atoms with Gasteiger partial charge < -0.3 is 26.0 Å². The summed E-state index contributed by atoms with van der Waals surface area (Å²) in [6.45, 7) is 6.06. The van der Waals surface area contributed by atoms with Crippen LogP contribution in [0.25, 0.3) is 10.9 Å². The van der Waals surface area contributed by atoms with Crippen LogP contribution in [-0.2, 0) is 20.8 Å². The number of halogens is 2. The van der Waals surface area contributed by atoms with Crippen molar-refractivity contribution >= 4 is 51.7 Å². The Labute approximate surface area is 254 Å². The van der Waals surface area contributed by atoms with Crippen molar-refractivity contribution in [2.75, 3.05) is 26.0 Å². The van der Waals surface area contributed by atoms with Crippen LogP contribution in [0.1, 0.15) is 39.2 Å². The molecule has 1 aliphatic heterocycles. The van der Waals surface area contributed by atoms with Crippen LogP contribution < -0.4 is 31.3 Å². The van der Waals surface area contributed by atoms with Crippen LogP contribution in [0, 0.1) is 11.2 Å². The van der Waals surface area contributed by atoms with Gasteiger partial charge >= 0.3 is 0 Å². The van der Waals surface area contributed by atoms with Crippen molar-refractivity contribution in [3.8, 4) is 5.75 Å². The van der Waals surface area contributed by atoms with Crippen molar-refractivity contribution in [3.63, 3.8) is 0 Å². The van der Waals surface area contributed by atoms with Crippen LogP contribution in [-0.4, -0.2) is 66.5 Å². The number of hydrogen-bond donors (Lipinski definition) is 5. The van der Waals surface area contributed by atoms with Crippen LogP contribution in [0.4, 0.5) is 15.9 Å². The summed E-state index contributed by atoms with van der Waals surface area (Å²) in [5.41, 5.74) is 0.936. The number of carbonyl (C=O) groups is 3. The van der Waals surface area contributed by atoms with E-state index in [0.717, 1.165) is 6.42 Å². The molecule has 13 heteroatoms. The molecule has 0 aliphatic carbocycles. The predicted octanol–water partition coefficient (Wildman–Crippen LogP) is 3.23. The highest BCUT2D eigenvalue weighted by atomic mass is 35.5. The molecule has 0 bridgehead atoms. The van der Waals surface area contributed by atoms with E-state index < -0.39 is 41.2 Å². The number of fused-ring (bicyclic) bond motifs is 1. The summed E-state index contributed by atoms with van der Waals surface area (Å²) in [5, 5.41) is 15.1. The smallest absolute Gasteiger partial charge is 0.249 e. The van der Waals surface area contributed by atoms with Crippen LogP contribution in [0.2, 0.25) is 5.02 Å². The average molecular weight is 614 g/mol. The van der Waals surface area contributed by atoms with Crippen LogP contribution in [0.3, 0.4) is 0 Å². The predicted molar refractivity (Wildman–Crippen MR) is 163 cm³/mol. The fraction of sp³-hybridized carbons (Fsp3) is 0.433. The highest BCUT2D eigenvalue weighted by molar-refractivity contribution is 6.31.